The first-order chi connectivity index (χ1) is 12.0. The van der Waals surface area contributed by atoms with Gasteiger partial charge in [-0.15, -0.1) is 0 Å². The molecule has 1 amide bonds. The van der Waals surface area contributed by atoms with Gasteiger partial charge in [0.1, 0.15) is 10.5 Å². The van der Waals surface area contributed by atoms with E-state index in [4.69, 9.17) is 12.2 Å². The van der Waals surface area contributed by atoms with Crippen LogP contribution in [0.1, 0.15) is 27.6 Å². The number of benzene rings is 1. The Labute approximate surface area is 150 Å². The van der Waals surface area contributed by atoms with Crippen LogP contribution in [0.5, 0.6) is 0 Å². The number of hydrogen-bond acceptors (Lipinski definition) is 4. The molecule has 1 aromatic carbocycles. The van der Waals surface area contributed by atoms with E-state index in [9.17, 15) is 14.0 Å². The van der Waals surface area contributed by atoms with E-state index >= 15 is 0 Å². The Balaban J connectivity index is 1.70. The average Bonchev–Trinajstić information content (AvgIpc) is 2.61. The SMILES string of the molecule is CC(=O)c1ccc(N2CCN(C(=O)c3ccc[nH]c3=S)CC2)c(F)c1. The highest BCUT2D eigenvalue weighted by molar-refractivity contribution is 7.71. The van der Waals surface area contributed by atoms with Crippen molar-refractivity contribution in [3.05, 3.63) is 58.1 Å². The molecule has 1 fully saturated rings. The molecule has 0 bridgehead atoms. The topological polar surface area (TPSA) is 56.4 Å². The summed E-state index contributed by atoms with van der Waals surface area (Å²) in [6.07, 6.45) is 1.69. The van der Waals surface area contributed by atoms with E-state index in [1.807, 2.05) is 4.90 Å². The summed E-state index contributed by atoms with van der Waals surface area (Å²) < 4.78 is 14.7. The predicted molar refractivity (Wildman–Crippen MR) is 96.1 cm³/mol. The van der Waals surface area contributed by atoms with Gasteiger partial charge in [0, 0.05) is 37.9 Å². The minimum atomic E-state index is -0.419. The molecule has 1 aliphatic rings. The van der Waals surface area contributed by atoms with E-state index in [-0.39, 0.29) is 11.7 Å². The molecular weight excluding hydrogens is 341 g/mol. The zero-order chi connectivity index (χ0) is 18.0. The quantitative estimate of drug-likeness (QED) is 0.676. The summed E-state index contributed by atoms with van der Waals surface area (Å²) in [6, 6.07) is 7.95. The fourth-order valence-electron chi connectivity index (χ4n) is 2.89. The molecule has 1 saturated heterocycles. The Bertz CT molecular complexity index is 873. The third-order valence-corrected chi connectivity index (χ3v) is 4.65. The van der Waals surface area contributed by atoms with E-state index < -0.39 is 5.82 Å². The molecule has 0 radical (unpaired) electrons. The van der Waals surface area contributed by atoms with Crippen LogP contribution in [0.4, 0.5) is 10.1 Å². The van der Waals surface area contributed by atoms with Crippen LogP contribution in [0.2, 0.25) is 0 Å². The first kappa shape index (κ1) is 17.3. The Hall–Kier alpha value is -2.54. The molecule has 2 heterocycles. The van der Waals surface area contributed by atoms with Crippen molar-refractivity contribution in [2.45, 2.75) is 6.92 Å². The van der Waals surface area contributed by atoms with Crippen molar-refractivity contribution in [1.29, 1.82) is 0 Å². The van der Waals surface area contributed by atoms with Crippen LogP contribution < -0.4 is 4.90 Å². The van der Waals surface area contributed by atoms with E-state index in [0.29, 0.717) is 47.6 Å². The molecule has 0 atom stereocenters. The van der Waals surface area contributed by atoms with Gasteiger partial charge in [0.05, 0.1) is 11.3 Å². The number of pyridine rings is 1. The Kier molecular flexibility index (Phi) is 4.94. The standard InChI is InChI=1S/C18H18FN3O2S/c1-12(23)13-4-5-16(15(19)11-13)21-7-9-22(10-8-21)18(24)14-3-2-6-20-17(14)25/h2-6,11H,7-10H2,1H3,(H,20,25). The van der Waals surface area contributed by atoms with E-state index in [1.54, 1.807) is 35.4 Å². The summed E-state index contributed by atoms with van der Waals surface area (Å²) in [5, 5.41) is 0. The van der Waals surface area contributed by atoms with Crippen molar-refractivity contribution in [3.63, 3.8) is 0 Å². The van der Waals surface area contributed by atoms with Gasteiger partial charge < -0.3 is 14.8 Å². The van der Waals surface area contributed by atoms with Crippen LogP contribution in [0.15, 0.2) is 36.5 Å². The van der Waals surface area contributed by atoms with Crippen molar-refractivity contribution in [3.8, 4) is 0 Å². The summed E-state index contributed by atoms with van der Waals surface area (Å²) >= 11 is 5.16. The van der Waals surface area contributed by atoms with Crippen molar-refractivity contribution in [2.75, 3.05) is 31.1 Å². The molecule has 1 aliphatic heterocycles. The number of halogens is 1. The second kappa shape index (κ2) is 7.14. The summed E-state index contributed by atoms with van der Waals surface area (Å²) in [5.41, 5.74) is 1.28. The number of nitrogens with zero attached hydrogens (tertiary/aromatic N) is 2. The lowest BCUT2D eigenvalue weighted by molar-refractivity contribution is 0.0745. The first-order valence-corrected chi connectivity index (χ1v) is 8.40. The maximum atomic E-state index is 14.3. The molecule has 25 heavy (non-hydrogen) atoms. The number of carbonyl (C=O) groups is 2. The number of nitrogens with one attached hydrogen (secondary N) is 1. The zero-order valence-electron chi connectivity index (χ0n) is 13.8. The number of aromatic amines is 1. The van der Waals surface area contributed by atoms with Gasteiger partial charge in [-0.2, -0.15) is 0 Å². The number of Topliss-reactive ketones (excluding diaryl/α,β-unsaturated/α-hetero) is 1. The molecule has 5 nitrogen and oxygen atoms in total. The molecule has 1 N–H and O–H groups in total. The van der Waals surface area contributed by atoms with Gasteiger partial charge in [-0.05, 0) is 37.3 Å². The lowest BCUT2D eigenvalue weighted by Gasteiger charge is -2.36. The number of aromatic nitrogens is 1. The number of carbonyl (C=O) groups excluding carboxylic acids is 2. The number of hydrogen-bond donors (Lipinski definition) is 1. The number of amides is 1. The monoisotopic (exact) mass is 359 g/mol. The second-order valence-corrected chi connectivity index (χ2v) is 6.32. The smallest absolute Gasteiger partial charge is 0.256 e. The van der Waals surface area contributed by atoms with Crippen LogP contribution in [0.25, 0.3) is 0 Å². The predicted octanol–water partition coefficient (Wildman–Crippen LogP) is 3.05. The van der Waals surface area contributed by atoms with Crippen LogP contribution in [-0.2, 0) is 0 Å². The highest BCUT2D eigenvalue weighted by Crippen LogP contribution is 2.22. The third kappa shape index (κ3) is 3.61. The van der Waals surface area contributed by atoms with E-state index in [0.717, 1.165) is 0 Å². The highest BCUT2D eigenvalue weighted by atomic mass is 32.1. The van der Waals surface area contributed by atoms with Crippen LogP contribution in [0, 0.1) is 10.5 Å². The normalized spacial score (nSPS) is 14.5. The van der Waals surface area contributed by atoms with E-state index in [1.165, 1.54) is 13.0 Å². The molecule has 130 valence electrons. The average molecular weight is 359 g/mol. The number of ketones is 1. The maximum absolute atomic E-state index is 14.3. The Morgan fingerprint density at radius 1 is 1.16 bits per heavy atom. The van der Waals surface area contributed by atoms with Crippen LogP contribution >= 0.6 is 12.2 Å². The number of H-pyrrole nitrogens is 1. The Morgan fingerprint density at radius 3 is 2.48 bits per heavy atom. The minimum Gasteiger partial charge on any atom is -0.366 e. The van der Waals surface area contributed by atoms with Crippen molar-refractivity contribution in [2.24, 2.45) is 0 Å². The lowest BCUT2D eigenvalue weighted by Crippen LogP contribution is -2.49. The summed E-state index contributed by atoms with van der Waals surface area (Å²) in [7, 11) is 0. The molecular formula is C18H18FN3O2S. The first-order valence-electron chi connectivity index (χ1n) is 8.00. The van der Waals surface area contributed by atoms with Gasteiger partial charge in [0.2, 0.25) is 0 Å². The zero-order valence-corrected chi connectivity index (χ0v) is 14.6. The molecule has 0 aliphatic carbocycles. The fraction of sp³-hybridized carbons (Fsp3) is 0.278. The molecule has 0 saturated carbocycles. The summed E-state index contributed by atoms with van der Waals surface area (Å²) in [4.78, 5) is 30.3. The largest absolute Gasteiger partial charge is 0.366 e. The maximum Gasteiger partial charge on any atom is 0.256 e. The number of piperazine rings is 1. The van der Waals surface area contributed by atoms with Crippen LogP contribution in [0.3, 0.4) is 0 Å². The van der Waals surface area contributed by atoms with Crippen LogP contribution in [-0.4, -0.2) is 47.8 Å². The summed E-state index contributed by atoms with van der Waals surface area (Å²) in [5.74, 6) is -0.702. The van der Waals surface area contributed by atoms with Crippen molar-refractivity contribution < 1.29 is 14.0 Å². The van der Waals surface area contributed by atoms with Gasteiger partial charge in [0.15, 0.2) is 5.78 Å². The third-order valence-electron chi connectivity index (χ3n) is 4.31. The van der Waals surface area contributed by atoms with E-state index in [2.05, 4.69) is 4.98 Å². The molecule has 2 aromatic rings. The summed E-state index contributed by atoms with van der Waals surface area (Å²) in [6.45, 7) is 3.41. The van der Waals surface area contributed by atoms with Gasteiger partial charge in [-0.3, -0.25) is 9.59 Å². The number of anilines is 1. The van der Waals surface area contributed by atoms with Gasteiger partial charge in [-0.25, -0.2) is 4.39 Å². The molecule has 3 rings (SSSR count). The molecule has 1 aromatic heterocycles. The molecule has 0 spiro atoms. The number of rotatable bonds is 3. The molecule has 7 heteroatoms. The van der Waals surface area contributed by atoms with Gasteiger partial charge >= 0.3 is 0 Å². The van der Waals surface area contributed by atoms with Crippen molar-refractivity contribution in [1.82, 2.24) is 9.88 Å². The highest BCUT2D eigenvalue weighted by Gasteiger charge is 2.24. The lowest BCUT2D eigenvalue weighted by atomic mass is 10.1. The fourth-order valence-corrected chi connectivity index (χ4v) is 3.12. The van der Waals surface area contributed by atoms with Gasteiger partial charge in [0.25, 0.3) is 5.91 Å². The van der Waals surface area contributed by atoms with Gasteiger partial charge in [-0.1, -0.05) is 12.2 Å². The molecule has 0 unspecified atom stereocenters. The Morgan fingerprint density at radius 2 is 1.88 bits per heavy atom. The van der Waals surface area contributed by atoms with Crippen molar-refractivity contribution >= 4 is 29.6 Å². The minimum absolute atomic E-state index is 0.117. The second-order valence-electron chi connectivity index (χ2n) is 5.91.